The van der Waals surface area contributed by atoms with Crippen molar-refractivity contribution in [3.8, 4) is 0 Å². The molecule has 0 bridgehead atoms. The van der Waals surface area contributed by atoms with E-state index in [2.05, 4.69) is 28.6 Å². The topological polar surface area (TPSA) is 19.4 Å². The lowest BCUT2D eigenvalue weighted by Crippen LogP contribution is -2.48. The Balaban J connectivity index is 1.88. The van der Waals surface area contributed by atoms with Crippen molar-refractivity contribution >= 4 is 0 Å². The number of halogens is 1. The molecule has 0 amide bonds. The summed E-state index contributed by atoms with van der Waals surface area (Å²) in [6, 6.07) is 4.22. The van der Waals surface area contributed by atoms with Gasteiger partial charge in [0.15, 0.2) is 0 Å². The molecule has 2 rings (SSSR count). The molecule has 1 saturated heterocycles. The fourth-order valence-corrected chi connectivity index (χ4v) is 2.22. The molecule has 1 aromatic rings. The van der Waals surface area contributed by atoms with Crippen LogP contribution in [0.2, 0.25) is 0 Å². The largest absolute Gasteiger partial charge is 0.298 e. The number of hydrogen-bond donors (Lipinski definition) is 0. The first-order valence-corrected chi connectivity index (χ1v) is 6.22. The smallest absolute Gasteiger partial charge is 0.217 e. The lowest BCUT2D eigenvalue weighted by molar-refractivity contribution is 0.103. The van der Waals surface area contributed by atoms with E-state index < -0.39 is 0 Å². The van der Waals surface area contributed by atoms with Gasteiger partial charge in [0.1, 0.15) is 0 Å². The fraction of sp³-hybridized carbons (Fsp3) is 0.615. The molecule has 3 nitrogen and oxygen atoms in total. The Labute approximate surface area is 102 Å². The van der Waals surface area contributed by atoms with Crippen molar-refractivity contribution < 1.29 is 4.39 Å². The van der Waals surface area contributed by atoms with E-state index >= 15 is 0 Å². The number of hydrogen-bond acceptors (Lipinski definition) is 3. The predicted octanol–water partition coefficient (Wildman–Crippen LogP) is 1.75. The van der Waals surface area contributed by atoms with Crippen LogP contribution >= 0.6 is 0 Å². The van der Waals surface area contributed by atoms with Gasteiger partial charge in [0.2, 0.25) is 5.95 Å². The number of nitrogens with zero attached hydrogens (tertiary/aromatic N) is 3. The lowest BCUT2D eigenvalue weighted by Gasteiger charge is -2.36. The van der Waals surface area contributed by atoms with Gasteiger partial charge in [0, 0.05) is 50.5 Å². The Morgan fingerprint density at radius 1 is 1.29 bits per heavy atom. The van der Waals surface area contributed by atoms with Gasteiger partial charge in [0.05, 0.1) is 0 Å². The second-order valence-electron chi connectivity index (χ2n) is 4.86. The minimum atomic E-state index is -0.334. The predicted molar refractivity (Wildman–Crippen MR) is 66.2 cm³/mol. The summed E-state index contributed by atoms with van der Waals surface area (Å²) < 4.78 is 13.4. The summed E-state index contributed by atoms with van der Waals surface area (Å²) >= 11 is 0. The van der Waals surface area contributed by atoms with Crippen LogP contribution < -0.4 is 0 Å². The molecule has 0 radical (unpaired) electrons. The van der Waals surface area contributed by atoms with Crippen molar-refractivity contribution in [3.05, 3.63) is 29.8 Å². The van der Waals surface area contributed by atoms with Gasteiger partial charge in [-0.05, 0) is 19.9 Å². The van der Waals surface area contributed by atoms with Crippen molar-refractivity contribution in [1.29, 1.82) is 0 Å². The highest BCUT2D eigenvalue weighted by atomic mass is 19.1. The van der Waals surface area contributed by atoms with Crippen LogP contribution in [0.3, 0.4) is 0 Å². The van der Waals surface area contributed by atoms with Crippen LogP contribution in [0.15, 0.2) is 18.3 Å². The number of rotatable bonds is 3. The van der Waals surface area contributed by atoms with E-state index in [1.54, 1.807) is 6.07 Å². The van der Waals surface area contributed by atoms with E-state index in [1.165, 1.54) is 6.20 Å². The normalized spacial score (nSPS) is 18.8. The van der Waals surface area contributed by atoms with Gasteiger partial charge in [-0.25, -0.2) is 4.98 Å². The zero-order valence-corrected chi connectivity index (χ0v) is 10.6. The van der Waals surface area contributed by atoms with E-state index in [4.69, 9.17) is 0 Å². The molecule has 0 unspecified atom stereocenters. The zero-order chi connectivity index (χ0) is 12.3. The molecule has 0 aromatic carbocycles. The Morgan fingerprint density at radius 3 is 2.59 bits per heavy atom. The molecule has 0 atom stereocenters. The van der Waals surface area contributed by atoms with Crippen LogP contribution in [0, 0.1) is 5.95 Å². The first-order valence-electron chi connectivity index (χ1n) is 6.22. The summed E-state index contributed by atoms with van der Waals surface area (Å²) in [5.41, 5.74) is 0.700. The van der Waals surface area contributed by atoms with Crippen molar-refractivity contribution in [2.45, 2.75) is 26.4 Å². The standard InChI is InChI=1S/C13H20FN3/c1-11(2)17-8-6-16(7-9-17)10-12-4-3-5-15-13(12)14/h3-5,11H,6-10H2,1-2H3. The first kappa shape index (κ1) is 12.5. The van der Waals surface area contributed by atoms with Crippen LogP contribution in [-0.2, 0) is 6.54 Å². The minimum Gasteiger partial charge on any atom is -0.298 e. The Bertz CT molecular complexity index is 359. The maximum Gasteiger partial charge on any atom is 0.217 e. The molecule has 1 aromatic heterocycles. The second kappa shape index (κ2) is 5.56. The van der Waals surface area contributed by atoms with Crippen LogP contribution in [-0.4, -0.2) is 47.0 Å². The van der Waals surface area contributed by atoms with E-state index in [9.17, 15) is 4.39 Å². The quantitative estimate of drug-likeness (QED) is 0.747. The van der Waals surface area contributed by atoms with Crippen molar-refractivity contribution in [3.63, 3.8) is 0 Å². The van der Waals surface area contributed by atoms with Gasteiger partial charge in [0.25, 0.3) is 0 Å². The zero-order valence-electron chi connectivity index (χ0n) is 10.6. The van der Waals surface area contributed by atoms with E-state index in [0.29, 0.717) is 18.2 Å². The lowest BCUT2D eigenvalue weighted by atomic mass is 10.2. The molecule has 2 heterocycles. The van der Waals surface area contributed by atoms with Gasteiger partial charge in [-0.2, -0.15) is 4.39 Å². The maximum absolute atomic E-state index is 13.4. The Hall–Kier alpha value is -1.00. The summed E-state index contributed by atoms with van der Waals surface area (Å²) in [5.74, 6) is -0.334. The SMILES string of the molecule is CC(C)N1CCN(Cc2cccnc2F)CC1. The van der Waals surface area contributed by atoms with E-state index in [0.717, 1.165) is 26.2 Å². The van der Waals surface area contributed by atoms with Gasteiger partial charge in [-0.3, -0.25) is 9.80 Å². The molecule has 0 aliphatic carbocycles. The fourth-order valence-electron chi connectivity index (χ4n) is 2.22. The summed E-state index contributed by atoms with van der Waals surface area (Å²) in [5, 5.41) is 0. The second-order valence-corrected chi connectivity index (χ2v) is 4.86. The molecule has 1 fully saturated rings. The summed E-state index contributed by atoms with van der Waals surface area (Å²) in [6.45, 7) is 9.26. The highest BCUT2D eigenvalue weighted by molar-refractivity contribution is 5.10. The van der Waals surface area contributed by atoms with Gasteiger partial charge in [-0.15, -0.1) is 0 Å². The average Bonchev–Trinajstić information content (AvgIpc) is 2.33. The number of piperazine rings is 1. The van der Waals surface area contributed by atoms with E-state index in [1.807, 2.05) is 6.07 Å². The third-order valence-corrected chi connectivity index (χ3v) is 3.37. The Kier molecular flexibility index (Phi) is 4.07. The summed E-state index contributed by atoms with van der Waals surface area (Å²) in [6.07, 6.45) is 1.50. The van der Waals surface area contributed by atoms with Gasteiger partial charge in [-0.1, -0.05) is 6.07 Å². The third-order valence-electron chi connectivity index (χ3n) is 3.37. The van der Waals surface area contributed by atoms with Crippen molar-refractivity contribution in [2.75, 3.05) is 26.2 Å². The molecule has 1 aliphatic rings. The number of pyridine rings is 1. The van der Waals surface area contributed by atoms with Gasteiger partial charge < -0.3 is 0 Å². The summed E-state index contributed by atoms with van der Waals surface area (Å²) in [7, 11) is 0. The van der Waals surface area contributed by atoms with Crippen molar-refractivity contribution in [1.82, 2.24) is 14.8 Å². The summed E-state index contributed by atoms with van der Waals surface area (Å²) in [4.78, 5) is 8.43. The first-order chi connectivity index (χ1) is 8.16. The highest BCUT2D eigenvalue weighted by Crippen LogP contribution is 2.11. The third kappa shape index (κ3) is 3.23. The molecule has 4 heteroatoms. The molecule has 17 heavy (non-hydrogen) atoms. The van der Waals surface area contributed by atoms with Crippen molar-refractivity contribution in [2.24, 2.45) is 0 Å². The molecular weight excluding hydrogens is 217 g/mol. The van der Waals surface area contributed by atoms with E-state index in [-0.39, 0.29) is 5.95 Å². The maximum atomic E-state index is 13.4. The van der Waals surface area contributed by atoms with Crippen LogP contribution in [0.25, 0.3) is 0 Å². The average molecular weight is 237 g/mol. The number of aromatic nitrogens is 1. The molecule has 0 N–H and O–H groups in total. The Morgan fingerprint density at radius 2 is 2.00 bits per heavy atom. The highest BCUT2D eigenvalue weighted by Gasteiger charge is 2.19. The molecule has 0 spiro atoms. The van der Waals surface area contributed by atoms with Gasteiger partial charge >= 0.3 is 0 Å². The molecule has 1 aliphatic heterocycles. The van der Waals surface area contributed by atoms with Crippen LogP contribution in [0.1, 0.15) is 19.4 Å². The van der Waals surface area contributed by atoms with Crippen LogP contribution in [0.4, 0.5) is 4.39 Å². The monoisotopic (exact) mass is 237 g/mol. The molecule has 0 saturated carbocycles. The minimum absolute atomic E-state index is 0.334. The molecule has 94 valence electrons. The van der Waals surface area contributed by atoms with Crippen LogP contribution in [0.5, 0.6) is 0 Å². The molecular formula is C13H20FN3.